The number of aromatic amines is 1. The standard InChI is InChI=1S/C18H21N5O3/c1-25-13-4-5-15-14(9-13)22-16(26-15)10-21-18(24)23-8-2-3-12(11-23)17-19-6-7-20-17/h4-7,9,12H,2-3,8,10-11H2,1H3,(H,19,20)(H,21,24)/t12-/m1/s1. The number of hydrogen-bond acceptors (Lipinski definition) is 5. The molecule has 1 aliphatic rings. The molecule has 0 bridgehead atoms. The normalized spacial score (nSPS) is 17.4. The van der Waals surface area contributed by atoms with E-state index in [1.165, 1.54) is 0 Å². The Kier molecular flexibility index (Phi) is 4.47. The van der Waals surface area contributed by atoms with Crippen LogP contribution in [0.3, 0.4) is 0 Å². The Morgan fingerprint density at radius 3 is 3.23 bits per heavy atom. The van der Waals surface area contributed by atoms with Gasteiger partial charge in [0.15, 0.2) is 5.58 Å². The maximum atomic E-state index is 12.5. The van der Waals surface area contributed by atoms with Crippen LogP contribution in [0.4, 0.5) is 4.79 Å². The number of benzene rings is 1. The lowest BCUT2D eigenvalue weighted by atomic mass is 9.98. The minimum Gasteiger partial charge on any atom is -0.497 e. The minimum absolute atomic E-state index is 0.110. The van der Waals surface area contributed by atoms with Gasteiger partial charge in [0, 0.05) is 37.5 Å². The number of imidazole rings is 1. The van der Waals surface area contributed by atoms with Crippen molar-refractivity contribution in [1.29, 1.82) is 0 Å². The maximum Gasteiger partial charge on any atom is 0.317 e. The zero-order chi connectivity index (χ0) is 17.9. The lowest BCUT2D eigenvalue weighted by molar-refractivity contribution is 0.177. The summed E-state index contributed by atoms with van der Waals surface area (Å²) in [7, 11) is 1.61. The number of rotatable bonds is 4. The number of amides is 2. The highest BCUT2D eigenvalue weighted by Gasteiger charge is 2.26. The lowest BCUT2D eigenvalue weighted by Gasteiger charge is -2.31. The molecule has 1 aromatic carbocycles. The number of fused-ring (bicyclic) bond motifs is 1. The predicted molar refractivity (Wildman–Crippen MR) is 94.9 cm³/mol. The average molecular weight is 355 g/mol. The summed E-state index contributed by atoms with van der Waals surface area (Å²) < 4.78 is 10.9. The molecule has 0 saturated carbocycles. The summed E-state index contributed by atoms with van der Waals surface area (Å²) in [6, 6.07) is 5.33. The van der Waals surface area contributed by atoms with Gasteiger partial charge < -0.3 is 24.4 Å². The Bertz CT molecular complexity index is 890. The summed E-state index contributed by atoms with van der Waals surface area (Å²) in [5, 5.41) is 2.89. The second-order valence-electron chi connectivity index (χ2n) is 6.36. The fraction of sp³-hybridized carbons (Fsp3) is 0.389. The van der Waals surface area contributed by atoms with Gasteiger partial charge >= 0.3 is 6.03 Å². The van der Waals surface area contributed by atoms with E-state index >= 15 is 0 Å². The summed E-state index contributed by atoms with van der Waals surface area (Å²) in [5.74, 6) is 2.39. The van der Waals surface area contributed by atoms with Crippen LogP contribution in [0, 0.1) is 0 Å². The van der Waals surface area contributed by atoms with Crippen molar-refractivity contribution in [3.63, 3.8) is 0 Å². The molecule has 0 unspecified atom stereocenters. The van der Waals surface area contributed by atoms with E-state index in [2.05, 4.69) is 20.3 Å². The van der Waals surface area contributed by atoms with E-state index in [1.54, 1.807) is 13.3 Å². The van der Waals surface area contributed by atoms with Crippen LogP contribution in [0.1, 0.15) is 30.5 Å². The van der Waals surface area contributed by atoms with Gasteiger partial charge in [-0.05, 0) is 25.0 Å². The van der Waals surface area contributed by atoms with Crippen LogP contribution in [0.15, 0.2) is 35.0 Å². The van der Waals surface area contributed by atoms with Crippen molar-refractivity contribution in [1.82, 2.24) is 25.2 Å². The van der Waals surface area contributed by atoms with Gasteiger partial charge in [-0.15, -0.1) is 0 Å². The maximum absolute atomic E-state index is 12.5. The second-order valence-corrected chi connectivity index (χ2v) is 6.36. The number of H-pyrrole nitrogens is 1. The third kappa shape index (κ3) is 3.35. The molecular weight excluding hydrogens is 334 g/mol. The first kappa shape index (κ1) is 16.4. The van der Waals surface area contributed by atoms with Crippen LogP contribution < -0.4 is 10.1 Å². The smallest absolute Gasteiger partial charge is 0.317 e. The van der Waals surface area contributed by atoms with Crippen LogP contribution in [-0.4, -0.2) is 46.1 Å². The number of carbonyl (C=O) groups is 1. The monoisotopic (exact) mass is 355 g/mol. The Hall–Kier alpha value is -3.03. The average Bonchev–Trinajstić information content (AvgIpc) is 3.35. The van der Waals surface area contributed by atoms with Crippen LogP contribution in [-0.2, 0) is 6.54 Å². The molecule has 0 spiro atoms. The molecule has 1 atom stereocenters. The molecule has 0 aliphatic carbocycles. The molecule has 4 rings (SSSR count). The molecule has 0 radical (unpaired) electrons. The Labute approximate surface area is 150 Å². The van der Waals surface area contributed by atoms with Crippen molar-refractivity contribution in [2.45, 2.75) is 25.3 Å². The van der Waals surface area contributed by atoms with E-state index in [4.69, 9.17) is 9.15 Å². The SMILES string of the molecule is COc1ccc2oc(CNC(=O)N3CCC[C@@H](c4ncc[nH]4)C3)nc2c1. The molecular formula is C18H21N5O3. The van der Waals surface area contributed by atoms with Gasteiger partial charge in [-0.2, -0.15) is 0 Å². The van der Waals surface area contributed by atoms with Crippen molar-refractivity contribution in [3.8, 4) is 5.75 Å². The van der Waals surface area contributed by atoms with Gasteiger partial charge in [0.05, 0.1) is 13.7 Å². The largest absolute Gasteiger partial charge is 0.497 e. The second kappa shape index (κ2) is 7.07. The van der Waals surface area contributed by atoms with Gasteiger partial charge in [-0.25, -0.2) is 14.8 Å². The lowest BCUT2D eigenvalue weighted by Crippen LogP contribution is -2.44. The summed E-state index contributed by atoms with van der Waals surface area (Å²) in [6.45, 7) is 1.65. The van der Waals surface area contributed by atoms with Crippen molar-refractivity contribution in [2.75, 3.05) is 20.2 Å². The first-order chi connectivity index (χ1) is 12.7. The fourth-order valence-corrected chi connectivity index (χ4v) is 3.31. The van der Waals surface area contributed by atoms with Gasteiger partial charge in [-0.1, -0.05) is 0 Å². The van der Waals surface area contributed by atoms with E-state index in [0.29, 0.717) is 23.5 Å². The molecule has 2 aromatic heterocycles. The molecule has 2 N–H and O–H groups in total. The van der Waals surface area contributed by atoms with E-state index in [9.17, 15) is 4.79 Å². The highest BCUT2D eigenvalue weighted by Crippen LogP contribution is 2.24. The number of carbonyl (C=O) groups excluding carboxylic acids is 1. The van der Waals surface area contributed by atoms with Crippen LogP contribution in [0.5, 0.6) is 5.75 Å². The third-order valence-corrected chi connectivity index (χ3v) is 4.64. The van der Waals surface area contributed by atoms with Crippen molar-refractivity contribution < 1.29 is 13.9 Å². The molecule has 3 aromatic rings. The third-order valence-electron chi connectivity index (χ3n) is 4.64. The summed E-state index contributed by atoms with van der Waals surface area (Å²) >= 11 is 0. The number of nitrogens with one attached hydrogen (secondary N) is 2. The van der Waals surface area contributed by atoms with Crippen molar-refractivity contribution in [3.05, 3.63) is 42.3 Å². The molecule has 1 fully saturated rings. The van der Waals surface area contributed by atoms with Gasteiger partial charge in [0.2, 0.25) is 5.89 Å². The highest BCUT2D eigenvalue weighted by molar-refractivity contribution is 5.75. The number of hydrogen-bond donors (Lipinski definition) is 2. The number of likely N-dealkylation sites (tertiary alicyclic amines) is 1. The highest BCUT2D eigenvalue weighted by atomic mass is 16.5. The molecule has 3 heterocycles. The summed E-state index contributed by atoms with van der Waals surface area (Å²) in [6.07, 6.45) is 5.55. The molecule has 1 aliphatic heterocycles. The topological polar surface area (TPSA) is 96.3 Å². The number of methoxy groups -OCH3 is 1. The first-order valence-electron chi connectivity index (χ1n) is 8.68. The number of oxazole rings is 1. The van der Waals surface area contributed by atoms with Gasteiger partial charge in [-0.3, -0.25) is 0 Å². The van der Waals surface area contributed by atoms with Crippen LogP contribution >= 0.6 is 0 Å². The number of urea groups is 1. The molecule has 8 heteroatoms. The quantitative estimate of drug-likeness (QED) is 0.750. The van der Waals surface area contributed by atoms with Gasteiger partial charge in [0.1, 0.15) is 17.1 Å². The predicted octanol–water partition coefficient (Wildman–Crippen LogP) is 2.65. The van der Waals surface area contributed by atoms with E-state index in [-0.39, 0.29) is 18.5 Å². The molecule has 2 amide bonds. The van der Waals surface area contributed by atoms with Crippen molar-refractivity contribution in [2.24, 2.45) is 0 Å². The number of aromatic nitrogens is 3. The number of nitrogens with zero attached hydrogens (tertiary/aromatic N) is 3. The molecule has 1 saturated heterocycles. The zero-order valence-electron chi connectivity index (χ0n) is 14.6. The fourth-order valence-electron chi connectivity index (χ4n) is 3.31. The molecule has 26 heavy (non-hydrogen) atoms. The minimum atomic E-state index is -0.110. The van der Waals surface area contributed by atoms with E-state index in [1.807, 2.05) is 29.3 Å². The molecule has 8 nitrogen and oxygen atoms in total. The Balaban J connectivity index is 1.37. The molecule has 136 valence electrons. The first-order valence-corrected chi connectivity index (χ1v) is 8.68. The Morgan fingerprint density at radius 2 is 2.42 bits per heavy atom. The van der Waals surface area contributed by atoms with E-state index < -0.39 is 0 Å². The van der Waals surface area contributed by atoms with Crippen LogP contribution in [0.2, 0.25) is 0 Å². The van der Waals surface area contributed by atoms with Crippen molar-refractivity contribution >= 4 is 17.1 Å². The number of ether oxygens (including phenoxy) is 1. The number of piperidine rings is 1. The zero-order valence-corrected chi connectivity index (χ0v) is 14.6. The van der Waals surface area contributed by atoms with E-state index in [0.717, 1.165) is 31.0 Å². The van der Waals surface area contributed by atoms with Gasteiger partial charge in [0.25, 0.3) is 0 Å². The summed E-state index contributed by atoms with van der Waals surface area (Å²) in [4.78, 5) is 26.2. The van der Waals surface area contributed by atoms with Crippen LogP contribution in [0.25, 0.3) is 11.1 Å². The Morgan fingerprint density at radius 1 is 1.50 bits per heavy atom. The summed E-state index contributed by atoms with van der Waals surface area (Å²) in [5.41, 5.74) is 1.38.